The van der Waals surface area contributed by atoms with Crippen LogP contribution in [-0.2, 0) is 14.4 Å². The number of carbonyl (C=O) groups is 3. The number of carbonyl (C=O) groups excluding carboxylic acids is 1. The standard InChI is InChI=1S/C13H16O5/c1-8(9(2)14)13(11(17)18)6-4-12(3,5-7-13)10(15)16/h4-8H,1-3H3,(H,15,16)(H,17,18). The summed E-state index contributed by atoms with van der Waals surface area (Å²) >= 11 is 0. The van der Waals surface area contributed by atoms with Crippen LogP contribution in [0.2, 0.25) is 0 Å². The molecule has 1 aliphatic rings. The SMILES string of the molecule is CC(=O)C(C)C1(C(=O)O)C=CC(C)(C(=O)O)C=C1. The van der Waals surface area contributed by atoms with Crippen LogP contribution in [0.4, 0.5) is 0 Å². The number of Topliss-reactive ketones (excluding diaryl/α,β-unsaturated/α-hetero) is 1. The zero-order chi connectivity index (χ0) is 14.1. The van der Waals surface area contributed by atoms with Crippen molar-refractivity contribution in [3.63, 3.8) is 0 Å². The molecule has 18 heavy (non-hydrogen) atoms. The molecule has 5 nitrogen and oxygen atoms in total. The van der Waals surface area contributed by atoms with Gasteiger partial charge in [0.2, 0.25) is 0 Å². The molecule has 1 rings (SSSR count). The third kappa shape index (κ3) is 2.08. The van der Waals surface area contributed by atoms with Gasteiger partial charge < -0.3 is 10.2 Å². The second-order valence-electron chi connectivity index (χ2n) is 4.83. The van der Waals surface area contributed by atoms with E-state index in [0.29, 0.717) is 0 Å². The zero-order valence-corrected chi connectivity index (χ0v) is 10.5. The maximum atomic E-state index is 11.4. The van der Waals surface area contributed by atoms with E-state index in [1.807, 2.05) is 0 Å². The molecule has 0 bridgehead atoms. The molecular weight excluding hydrogens is 236 g/mol. The van der Waals surface area contributed by atoms with Gasteiger partial charge >= 0.3 is 11.9 Å². The van der Waals surface area contributed by atoms with Crippen molar-refractivity contribution in [1.29, 1.82) is 0 Å². The van der Waals surface area contributed by atoms with Gasteiger partial charge in [0.15, 0.2) is 0 Å². The van der Waals surface area contributed by atoms with Crippen LogP contribution in [0.3, 0.4) is 0 Å². The molecule has 0 aromatic heterocycles. The molecule has 0 amide bonds. The average molecular weight is 252 g/mol. The van der Waals surface area contributed by atoms with Crippen molar-refractivity contribution < 1.29 is 24.6 Å². The Morgan fingerprint density at radius 3 is 1.72 bits per heavy atom. The summed E-state index contributed by atoms with van der Waals surface area (Å²) in [5.41, 5.74) is -2.68. The molecule has 1 atom stereocenters. The monoisotopic (exact) mass is 252 g/mol. The van der Waals surface area contributed by atoms with Crippen LogP contribution in [0.15, 0.2) is 24.3 Å². The summed E-state index contributed by atoms with van der Waals surface area (Å²) in [6.45, 7) is 4.31. The van der Waals surface area contributed by atoms with Crippen molar-refractivity contribution in [3.8, 4) is 0 Å². The predicted molar refractivity (Wildman–Crippen MR) is 63.9 cm³/mol. The van der Waals surface area contributed by atoms with E-state index in [2.05, 4.69) is 0 Å². The molecule has 0 saturated carbocycles. The van der Waals surface area contributed by atoms with Gasteiger partial charge in [0.05, 0.1) is 0 Å². The van der Waals surface area contributed by atoms with Crippen molar-refractivity contribution >= 4 is 17.7 Å². The molecular formula is C13H16O5. The Balaban J connectivity index is 3.24. The molecule has 0 heterocycles. The third-order valence-electron chi connectivity index (χ3n) is 3.57. The van der Waals surface area contributed by atoms with Crippen molar-refractivity contribution in [2.24, 2.45) is 16.7 Å². The molecule has 2 N–H and O–H groups in total. The smallest absolute Gasteiger partial charge is 0.318 e. The Kier molecular flexibility index (Phi) is 3.46. The summed E-state index contributed by atoms with van der Waals surface area (Å²) < 4.78 is 0. The first-order valence-corrected chi connectivity index (χ1v) is 5.54. The molecule has 0 fully saturated rings. The predicted octanol–water partition coefficient (Wildman–Crippen LogP) is 1.50. The summed E-state index contributed by atoms with van der Waals surface area (Å²) in [5.74, 6) is -3.24. The lowest BCUT2D eigenvalue weighted by molar-refractivity contribution is -0.149. The summed E-state index contributed by atoms with van der Waals surface area (Å²) in [5, 5.41) is 18.4. The van der Waals surface area contributed by atoms with Crippen molar-refractivity contribution in [2.45, 2.75) is 20.8 Å². The van der Waals surface area contributed by atoms with Gasteiger partial charge in [-0.05, 0) is 13.8 Å². The first-order valence-electron chi connectivity index (χ1n) is 5.54. The minimum Gasteiger partial charge on any atom is -0.480 e. The van der Waals surface area contributed by atoms with E-state index in [4.69, 9.17) is 5.11 Å². The van der Waals surface area contributed by atoms with Crippen LogP contribution in [0, 0.1) is 16.7 Å². The zero-order valence-electron chi connectivity index (χ0n) is 10.5. The molecule has 0 aromatic rings. The lowest BCUT2D eigenvalue weighted by atomic mass is 9.68. The van der Waals surface area contributed by atoms with Crippen molar-refractivity contribution in [2.75, 3.05) is 0 Å². The summed E-state index contributed by atoms with van der Waals surface area (Å²) in [6.07, 6.45) is 5.25. The molecule has 0 spiro atoms. The van der Waals surface area contributed by atoms with Gasteiger partial charge in [-0.1, -0.05) is 31.2 Å². The topological polar surface area (TPSA) is 91.7 Å². The number of hydrogen-bond acceptors (Lipinski definition) is 3. The first-order chi connectivity index (χ1) is 8.16. The van der Waals surface area contributed by atoms with Gasteiger partial charge in [0, 0.05) is 5.92 Å². The molecule has 1 unspecified atom stereocenters. The van der Waals surface area contributed by atoms with Crippen LogP contribution >= 0.6 is 0 Å². The fraction of sp³-hybridized carbons (Fsp3) is 0.462. The largest absolute Gasteiger partial charge is 0.480 e. The van der Waals surface area contributed by atoms with E-state index in [0.717, 1.165) is 0 Å². The highest BCUT2D eigenvalue weighted by atomic mass is 16.4. The first kappa shape index (κ1) is 14.2. The Bertz CT molecular complexity index is 444. The van der Waals surface area contributed by atoms with Gasteiger partial charge in [0.1, 0.15) is 16.6 Å². The number of hydrogen-bond donors (Lipinski definition) is 2. The minimum absolute atomic E-state index is 0.259. The highest BCUT2D eigenvalue weighted by Gasteiger charge is 2.45. The molecule has 0 aromatic carbocycles. The molecule has 5 heteroatoms. The Morgan fingerprint density at radius 1 is 1.00 bits per heavy atom. The highest BCUT2D eigenvalue weighted by molar-refractivity contribution is 5.91. The average Bonchev–Trinajstić information content (AvgIpc) is 2.28. The van der Waals surface area contributed by atoms with Gasteiger partial charge in [-0.3, -0.25) is 14.4 Å². The summed E-state index contributed by atoms with van der Waals surface area (Å²) in [6, 6.07) is 0. The number of rotatable bonds is 4. The van der Waals surface area contributed by atoms with Gasteiger partial charge in [0.25, 0.3) is 0 Å². The molecule has 1 aliphatic carbocycles. The fourth-order valence-electron chi connectivity index (χ4n) is 1.83. The van der Waals surface area contributed by atoms with Gasteiger partial charge in [-0.2, -0.15) is 0 Å². The van der Waals surface area contributed by atoms with E-state index in [1.165, 1.54) is 45.1 Å². The quantitative estimate of drug-likeness (QED) is 0.740. The van der Waals surface area contributed by atoms with Crippen LogP contribution < -0.4 is 0 Å². The van der Waals surface area contributed by atoms with E-state index in [9.17, 15) is 19.5 Å². The van der Waals surface area contributed by atoms with Crippen LogP contribution in [0.5, 0.6) is 0 Å². The second-order valence-corrected chi connectivity index (χ2v) is 4.83. The number of aliphatic carboxylic acids is 2. The van der Waals surface area contributed by atoms with E-state index in [-0.39, 0.29) is 5.78 Å². The van der Waals surface area contributed by atoms with E-state index >= 15 is 0 Å². The van der Waals surface area contributed by atoms with Crippen LogP contribution in [-0.4, -0.2) is 27.9 Å². The number of carboxylic acid groups (broad SMARTS) is 2. The maximum absolute atomic E-state index is 11.4. The highest BCUT2D eigenvalue weighted by Crippen LogP contribution is 2.39. The number of carboxylic acids is 2. The van der Waals surface area contributed by atoms with Crippen molar-refractivity contribution in [1.82, 2.24) is 0 Å². The van der Waals surface area contributed by atoms with Crippen LogP contribution in [0.25, 0.3) is 0 Å². The third-order valence-corrected chi connectivity index (χ3v) is 3.57. The van der Waals surface area contributed by atoms with Gasteiger partial charge in [-0.25, -0.2) is 0 Å². The minimum atomic E-state index is -1.46. The molecule has 0 aliphatic heterocycles. The lowest BCUT2D eigenvalue weighted by Gasteiger charge is -2.33. The maximum Gasteiger partial charge on any atom is 0.318 e. The Labute approximate surface area is 105 Å². The molecule has 0 radical (unpaired) electrons. The Hall–Kier alpha value is -1.91. The van der Waals surface area contributed by atoms with E-state index < -0.39 is 28.7 Å². The Morgan fingerprint density at radius 2 is 1.44 bits per heavy atom. The summed E-state index contributed by atoms with van der Waals surface area (Å²) in [7, 11) is 0. The second kappa shape index (κ2) is 4.40. The summed E-state index contributed by atoms with van der Waals surface area (Å²) in [4.78, 5) is 33.8. The van der Waals surface area contributed by atoms with Gasteiger partial charge in [-0.15, -0.1) is 0 Å². The normalized spacial score (nSPS) is 31.9. The van der Waals surface area contributed by atoms with Crippen molar-refractivity contribution in [3.05, 3.63) is 24.3 Å². The fourth-order valence-corrected chi connectivity index (χ4v) is 1.83. The number of ketones is 1. The van der Waals surface area contributed by atoms with Crippen LogP contribution in [0.1, 0.15) is 20.8 Å². The lowest BCUT2D eigenvalue weighted by Crippen LogP contribution is -2.40. The molecule has 98 valence electrons. The molecule has 0 saturated heterocycles. The van der Waals surface area contributed by atoms with E-state index in [1.54, 1.807) is 0 Å².